The molecular formula is C18H34N2O2. The Balaban J connectivity index is 2.86. The van der Waals surface area contributed by atoms with Crippen LogP contribution in [-0.2, 0) is 9.59 Å². The summed E-state index contributed by atoms with van der Waals surface area (Å²) in [6.07, 6.45) is 3.83. The summed E-state index contributed by atoms with van der Waals surface area (Å²) in [7, 11) is 5.91. The van der Waals surface area contributed by atoms with Crippen LogP contribution >= 0.6 is 0 Å². The van der Waals surface area contributed by atoms with Crippen LogP contribution in [0.1, 0.15) is 53.4 Å². The number of likely N-dealkylation sites (N-methyl/N-ethyl adjacent to an activating group) is 2. The van der Waals surface area contributed by atoms with E-state index in [4.69, 9.17) is 0 Å². The molecule has 4 heteroatoms. The molecule has 1 rings (SSSR count). The number of ketones is 1. The largest absolute Gasteiger partial charge is 0.342 e. The topological polar surface area (TPSA) is 40.6 Å². The lowest BCUT2D eigenvalue weighted by atomic mass is 9.70. The zero-order chi connectivity index (χ0) is 17.1. The molecule has 1 saturated carbocycles. The van der Waals surface area contributed by atoms with Crippen molar-refractivity contribution in [2.75, 3.05) is 27.7 Å². The Morgan fingerprint density at radius 1 is 1.05 bits per heavy atom. The maximum Gasteiger partial charge on any atom is 0.226 e. The molecule has 0 bridgehead atoms. The number of Topliss-reactive ketones (excluding diaryl/α,β-unsaturated/α-hetero) is 1. The van der Waals surface area contributed by atoms with Crippen LogP contribution in [0.5, 0.6) is 0 Å². The maximum atomic E-state index is 12.9. The average Bonchev–Trinajstić information content (AvgIpc) is 2.43. The van der Waals surface area contributed by atoms with Gasteiger partial charge in [0, 0.05) is 36.9 Å². The normalized spacial score (nSPS) is 24.2. The highest BCUT2D eigenvalue weighted by Crippen LogP contribution is 2.36. The van der Waals surface area contributed by atoms with Crippen LogP contribution in [0.3, 0.4) is 0 Å². The van der Waals surface area contributed by atoms with Gasteiger partial charge in [-0.15, -0.1) is 0 Å². The standard InChI is InChI=1S/C18H34N2O2/c1-13(12-19(5)6)20(7)17(22)15-11-9-8-10-14(15)16(21)18(2,3)4/h13-15H,8-12H2,1-7H3. The molecule has 0 saturated heterocycles. The Labute approximate surface area is 136 Å². The van der Waals surface area contributed by atoms with E-state index in [2.05, 4.69) is 11.8 Å². The zero-order valence-electron chi connectivity index (χ0n) is 15.5. The molecule has 0 aromatic carbocycles. The first kappa shape index (κ1) is 19.1. The summed E-state index contributed by atoms with van der Waals surface area (Å²) < 4.78 is 0. The van der Waals surface area contributed by atoms with Gasteiger partial charge >= 0.3 is 0 Å². The smallest absolute Gasteiger partial charge is 0.226 e. The van der Waals surface area contributed by atoms with Gasteiger partial charge in [0.15, 0.2) is 0 Å². The molecule has 3 atom stereocenters. The molecule has 0 aromatic heterocycles. The van der Waals surface area contributed by atoms with E-state index in [1.807, 2.05) is 46.8 Å². The third kappa shape index (κ3) is 4.80. The van der Waals surface area contributed by atoms with Gasteiger partial charge in [-0.05, 0) is 33.9 Å². The van der Waals surface area contributed by atoms with E-state index in [0.29, 0.717) is 0 Å². The van der Waals surface area contributed by atoms with E-state index >= 15 is 0 Å². The minimum absolute atomic E-state index is 0.102. The number of hydrogen-bond donors (Lipinski definition) is 0. The predicted molar refractivity (Wildman–Crippen MR) is 90.7 cm³/mol. The van der Waals surface area contributed by atoms with Gasteiger partial charge in [0.05, 0.1) is 0 Å². The lowest BCUT2D eigenvalue weighted by Crippen LogP contribution is -2.48. The number of carbonyl (C=O) groups excluding carboxylic acids is 2. The number of amides is 1. The van der Waals surface area contributed by atoms with Crippen molar-refractivity contribution in [3.05, 3.63) is 0 Å². The molecule has 0 aliphatic heterocycles. The Hall–Kier alpha value is -0.900. The Kier molecular flexibility index (Phi) is 6.60. The molecule has 1 aliphatic rings. The fraction of sp³-hybridized carbons (Fsp3) is 0.889. The summed E-state index contributed by atoms with van der Waals surface area (Å²) in [5.41, 5.74) is -0.367. The van der Waals surface area contributed by atoms with Crippen molar-refractivity contribution in [1.82, 2.24) is 9.80 Å². The van der Waals surface area contributed by atoms with Crippen LogP contribution in [0.25, 0.3) is 0 Å². The summed E-state index contributed by atoms with van der Waals surface area (Å²) in [5, 5.41) is 0. The van der Waals surface area contributed by atoms with E-state index in [0.717, 1.165) is 32.2 Å². The van der Waals surface area contributed by atoms with Crippen LogP contribution in [0.15, 0.2) is 0 Å². The van der Waals surface area contributed by atoms with Gasteiger partial charge in [-0.2, -0.15) is 0 Å². The number of nitrogens with zero attached hydrogens (tertiary/aromatic N) is 2. The summed E-state index contributed by atoms with van der Waals surface area (Å²) in [6, 6.07) is 0.162. The molecular weight excluding hydrogens is 276 g/mol. The Bertz CT molecular complexity index is 398. The number of carbonyl (C=O) groups is 2. The average molecular weight is 310 g/mol. The van der Waals surface area contributed by atoms with Crippen LogP contribution in [0.2, 0.25) is 0 Å². The molecule has 128 valence electrons. The van der Waals surface area contributed by atoms with Crippen molar-refractivity contribution in [2.24, 2.45) is 17.3 Å². The lowest BCUT2D eigenvalue weighted by molar-refractivity contribution is -0.146. The molecule has 1 aliphatic carbocycles. The summed E-state index contributed by atoms with van der Waals surface area (Å²) >= 11 is 0. The van der Waals surface area contributed by atoms with E-state index in [9.17, 15) is 9.59 Å². The molecule has 1 fully saturated rings. The lowest BCUT2D eigenvalue weighted by Gasteiger charge is -2.37. The number of hydrogen-bond acceptors (Lipinski definition) is 3. The van der Waals surface area contributed by atoms with Crippen molar-refractivity contribution >= 4 is 11.7 Å². The second-order valence-corrected chi connectivity index (χ2v) is 8.17. The first-order chi connectivity index (χ1) is 10.1. The van der Waals surface area contributed by atoms with Crippen molar-refractivity contribution in [1.29, 1.82) is 0 Å². The molecule has 4 nitrogen and oxygen atoms in total. The van der Waals surface area contributed by atoms with Gasteiger partial charge in [0.25, 0.3) is 0 Å². The highest BCUT2D eigenvalue weighted by atomic mass is 16.2. The van der Waals surface area contributed by atoms with Crippen LogP contribution in [-0.4, -0.2) is 55.2 Å². The molecule has 22 heavy (non-hydrogen) atoms. The molecule has 0 spiro atoms. The molecule has 0 heterocycles. The van der Waals surface area contributed by atoms with Gasteiger partial charge in [-0.3, -0.25) is 9.59 Å². The highest BCUT2D eigenvalue weighted by Gasteiger charge is 2.41. The quantitative estimate of drug-likeness (QED) is 0.784. The van der Waals surface area contributed by atoms with Crippen molar-refractivity contribution in [3.8, 4) is 0 Å². The molecule has 1 amide bonds. The van der Waals surface area contributed by atoms with E-state index in [1.54, 1.807) is 0 Å². The van der Waals surface area contributed by atoms with Gasteiger partial charge in [-0.25, -0.2) is 0 Å². The predicted octanol–water partition coefficient (Wildman–Crippen LogP) is 2.82. The van der Waals surface area contributed by atoms with Crippen LogP contribution < -0.4 is 0 Å². The van der Waals surface area contributed by atoms with Crippen LogP contribution in [0.4, 0.5) is 0 Å². The summed E-state index contributed by atoms with van der Waals surface area (Å²) in [5.74, 6) is 0.168. The summed E-state index contributed by atoms with van der Waals surface area (Å²) in [6.45, 7) is 8.80. The first-order valence-electron chi connectivity index (χ1n) is 8.51. The first-order valence-corrected chi connectivity index (χ1v) is 8.51. The van der Waals surface area contributed by atoms with E-state index < -0.39 is 0 Å². The van der Waals surface area contributed by atoms with Crippen molar-refractivity contribution in [2.45, 2.75) is 59.4 Å². The van der Waals surface area contributed by atoms with Crippen LogP contribution in [0, 0.1) is 17.3 Å². The highest BCUT2D eigenvalue weighted by molar-refractivity contribution is 5.91. The zero-order valence-corrected chi connectivity index (χ0v) is 15.5. The minimum Gasteiger partial charge on any atom is -0.342 e. The Morgan fingerprint density at radius 3 is 2.00 bits per heavy atom. The molecule has 0 radical (unpaired) electrons. The third-order valence-electron chi connectivity index (χ3n) is 4.80. The fourth-order valence-electron chi connectivity index (χ4n) is 3.43. The van der Waals surface area contributed by atoms with Gasteiger partial charge in [-0.1, -0.05) is 33.6 Å². The second kappa shape index (κ2) is 7.58. The molecule has 0 N–H and O–H groups in total. The SMILES string of the molecule is CC(CN(C)C)N(C)C(=O)C1CCCCC1C(=O)C(C)(C)C. The monoisotopic (exact) mass is 310 g/mol. The van der Waals surface area contributed by atoms with E-state index in [-0.39, 0.29) is 35.0 Å². The fourth-order valence-corrected chi connectivity index (χ4v) is 3.43. The Morgan fingerprint density at radius 2 is 1.55 bits per heavy atom. The van der Waals surface area contributed by atoms with Gasteiger partial charge in [0.1, 0.15) is 5.78 Å². The van der Waals surface area contributed by atoms with Gasteiger partial charge in [0.2, 0.25) is 5.91 Å². The van der Waals surface area contributed by atoms with Crippen molar-refractivity contribution < 1.29 is 9.59 Å². The van der Waals surface area contributed by atoms with E-state index in [1.165, 1.54) is 0 Å². The molecule has 3 unspecified atom stereocenters. The number of rotatable bonds is 5. The van der Waals surface area contributed by atoms with Crippen molar-refractivity contribution in [3.63, 3.8) is 0 Å². The maximum absolute atomic E-state index is 12.9. The minimum atomic E-state index is -0.367. The second-order valence-electron chi connectivity index (χ2n) is 8.17. The molecule has 0 aromatic rings. The summed E-state index contributed by atoms with van der Waals surface area (Å²) in [4.78, 5) is 29.6. The van der Waals surface area contributed by atoms with Gasteiger partial charge < -0.3 is 9.80 Å². The third-order valence-corrected chi connectivity index (χ3v) is 4.80.